The highest BCUT2D eigenvalue weighted by molar-refractivity contribution is 4.83. The summed E-state index contributed by atoms with van der Waals surface area (Å²) in [5.41, 5.74) is 0. The molecule has 1 heteroatoms. The van der Waals surface area contributed by atoms with E-state index in [0.717, 1.165) is 17.9 Å². The molecule has 13 heavy (non-hydrogen) atoms. The third-order valence-corrected chi connectivity index (χ3v) is 4.12. The van der Waals surface area contributed by atoms with Gasteiger partial charge in [0, 0.05) is 6.04 Å². The van der Waals surface area contributed by atoms with Gasteiger partial charge in [-0.25, -0.2) is 0 Å². The summed E-state index contributed by atoms with van der Waals surface area (Å²) in [7, 11) is 0. The van der Waals surface area contributed by atoms with Gasteiger partial charge in [-0.2, -0.15) is 0 Å². The van der Waals surface area contributed by atoms with Crippen molar-refractivity contribution in [1.29, 1.82) is 0 Å². The standard InChI is InChI=1S/C12H23N/c1-10(2)13-8-6-12(7-9-13)11-4-3-5-11/h10-12H,3-9H2,1-2H3. The molecule has 0 aromatic carbocycles. The lowest BCUT2D eigenvalue weighted by molar-refractivity contribution is 0.0905. The Morgan fingerprint density at radius 1 is 0.923 bits per heavy atom. The van der Waals surface area contributed by atoms with Gasteiger partial charge >= 0.3 is 0 Å². The minimum atomic E-state index is 0.766. The third-order valence-electron chi connectivity index (χ3n) is 4.12. The quantitative estimate of drug-likeness (QED) is 0.633. The zero-order chi connectivity index (χ0) is 9.26. The van der Waals surface area contributed by atoms with Crippen LogP contribution >= 0.6 is 0 Å². The van der Waals surface area contributed by atoms with E-state index < -0.39 is 0 Å². The van der Waals surface area contributed by atoms with Gasteiger partial charge in [-0.3, -0.25) is 0 Å². The van der Waals surface area contributed by atoms with Crippen LogP contribution in [0.5, 0.6) is 0 Å². The third kappa shape index (κ3) is 2.07. The molecule has 0 aromatic heterocycles. The van der Waals surface area contributed by atoms with E-state index in [2.05, 4.69) is 18.7 Å². The summed E-state index contributed by atoms with van der Waals surface area (Å²) in [6.45, 7) is 7.37. The van der Waals surface area contributed by atoms with Crippen LogP contribution in [0.25, 0.3) is 0 Å². The first-order chi connectivity index (χ1) is 6.27. The zero-order valence-electron chi connectivity index (χ0n) is 9.13. The van der Waals surface area contributed by atoms with Gasteiger partial charge in [-0.05, 0) is 51.6 Å². The van der Waals surface area contributed by atoms with Gasteiger partial charge in [0.05, 0.1) is 0 Å². The Labute approximate surface area is 82.5 Å². The molecule has 0 spiro atoms. The maximum absolute atomic E-state index is 2.63. The summed E-state index contributed by atoms with van der Waals surface area (Å²) in [5, 5.41) is 0. The Hall–Kier alpha value is -0.0400. The molecular formula is C12H23N. The van der Waals surface area contributed by atoms with Crippen LogP contribution in [-0.2, 0) is 0 Å². The van der Waals surface area contributed by atoms with Crippen molar-refractivity contribution in [3.8, 4) is 0 Å². The van der Waals surface area contributed by atoms with Crippen LogP contribution in [0.1, 0.15) is 46.0 Å². The molecule has 0 bridgehead atoms. The van der Waals surface area contributed by atoms with Crippen LogP contribution < -0.4 is 0 Å². The van der Waals surface area contributed by atoms with Crippen LogP contribution in [0.4, 0.5) is 0 Å². The predicted octanol–water partition coefficient (Wildman–Crippen LogP) is 2.91. The number of nitrogens with zero attached hydrogens (tertiary/aromatic N) is 1. The number of likely N-dealkylation sites (tertiary alicyclic amines) is 1. The number of hydrogen-bond acceptors (Lipinski definition) is 1. The number of hydrogen-bond donors (Lipinski definition) is 0. The Kier molecular flexibility index (Phi) is 2.92. The minimum absolute atomic E-state index is 0.766. The second kappa shape index (κ2) is 4.00. The first-order valence-electron chi connectivity index (χ1n) is 6.01. The van der Waals surface area contributed by atoms with Gasteiger partial charge in [-0.1, -0.05) is 19.3 Å². The molecule has 76 valence electrons. The molecule has 1 aliphatic heterocycles. The molecule has 1 saturated carbocycles. The molecule has 1 nitrogen and oxygen atoms in total. The van der Waals surface area contributed by atoms with Crippen LogP contribution in [-0.4, -0.2) is 24.0 Å². The van der Waals surface area contributed by atoms with E-state index in [4.69, 9.17) is 0 Å². The van der Waals surface area contributed by atoms with E-state index in [9.17, 15) is 0 Å². The average Bonchev–Trinajstić information content (AvgIpc) is 2.02. The highest BCUT2D eigenvalue weighted by Gasteiger charge is 2.30. The maximum atomic E-state index is 2.63. The lowest BCUT2D eigenvalue weighted by Crippen LogP contribution is -2.41. The van der Waals surface area contributed by atoms with Gasteiger partial charge in [0.25, 0.3) is 0 Å². The Bertz CT molecular complexity index is 153. The lowest BCUT2D eigenvalue weighted by Gasteiger charge is -2.41. The fourth-order valence-corrected chi connectivity index (χ4v) is 2.82. The van der Waals surface area contributed by atoms with Crippen molar-refractivity contribution in [3.05, 3.63) is 0 Å². The van der Waals surface area contributed by atoms with Crippen LogP contribution in [0.15, 0.2) is 0 Å². The van der Waals surface area contributed by atoms with E-state index in [0.29, 0.717) is 0 Å². The highest BCUT2D eigenvalue weighted by Crippen LogP contribution is 2.38. The number of rotatable bonds is 2. The fourth-order valence-electron chi connectivity index (χ4n) is 2.82. The van der Waals surface area contributed by atoms with E-state index >= 15 is 0 Å². The number of piperidine rings is 1. The van der Waals surface area contributed by atoms with Gasteiger partial charge in [-0.15, -0.1) is 0 Å². The second-order valence-electron chi connectivity index (χ2n) is 5.16. The molecule has 2 aliphatic rings. The van der Waals surface area contributed by atoms with E-state index in [1.165, 1.54) is 45.2 Å². The molecule has 0 unspecified atom stereocenters. The van der Waals surface area contributed by atoms with Crippen molar-refractivity contribution in [1.82, 2.24) is 4.90 Å². The molecule has 0 atom stereocenters. The largest absolute Gasteiger partial charge is 0.301 e. The topological polar surface area (TPSA) is 3.24 Å². The van der Waals surface area contributed by atoms with Gasteiger partial charge in [0.15, 0.2) is 0 Å². The molecule has 0 N–H and O–H groups in total. The average molecular weight is 181 g/mol. The molecule has 0 aromatic rings. The summed E-state index contributed by atoms with van der Waals surface area (Å²) in [5.74, 6) is 2.21. The second-order valence-corrected chi connectivity index (χ2v) is 5.16. The van der Waals surface area contributed by atoms with Crippen LogP contribution in [0, 0.1) is 11.8 Å². The summed E-state index contributed by atoms with van der Waals surface area (Å²) in [4.78, 5) is 2.63. The van der Waals surface area contributed by atoms with Gasteiger partial charge < -0.3 is 4.90 Å². The van der Waals surface area contributed by atoms with Crippen LogP contribution in [0.3, 0.4) is 0 Å². The van der Waals surface area contributed by atoms with Crippen molar-refractivity contribution >= 4 is 0 Å². The van der Waals surface area contributed by atoms with E-state index in [-0.39, 0.29) is 0 Å². The molecule has 2 fully saturated rings. The summed E-state index contributed by atoms with van der Waals surface area (Å²) in [6.07, 6.45) is 7.53. The lowest BCUT2D eigenvalue weighted by atomic mass is 9.72. The monoisotopic (exact) mass is 181 g/mol. The Morgan fingerprint density at radius 2 is 1.46 bits per heavy atom. The Balaban J connectivity index is 1.75. The van der Waals surface area contributed by atoms with Gasteiger partial charge in [0.1, 0.15) is 0 Å². The van der Waals surface area contributed by atoms with Crippen molar-refractivity contribution < 1.29 is 0 Å². The zero-order valence-corrected chi connectivity index (χ0v) is 9.13. The van der Waals surface area contributed by atoms with Gasteiger partial charge in [0.2, 0.25) is 0 Å². The molecule has 1 aliphatic carbocycles. The first kappa shape index (κ1) is 9.51. The maximum Gasteiger partial charge on any atom is 0.00385 e. The van der Waals surface area contributed by atoms with E-state index in [1.54, 1.807) is 0 Å². The van der Waals surface area contributed by atoms with E-state index in [1.807, 2.05) is 0 Å². The van der Waals surface area contributed by atoms with Crippen molar-refractivity contribution in [2.75, 3.05) is 13.1 Å². The molecule has 2 rings (SSSR count). The van der Waals surface area contributed by atoms with Crippen molar-refractivity contribution in [2.45, 2.75) is 52.0 Å². The Morgan fingerprint density at radius 3 is 1.85 bits per heavy atom. The highest BCUT2D eigenvalue weighted by atomic mass is 15.1. The molecule has 0 amide bonds. The molecule has 1 saturated heterocycles. The molecule has 1 heterocycles. The molecular weight excluding hydrogens is 158 g/mol. The molecule has 0 radical (unpaired) electrons. The normalized spacial score (nSPS) is 27.9. The van der Waals surface area contributed by atoms with Crippen molar-refractivity contribution in [2.24, 2.45) is 11.8 Å². The minimum Gasteiger partial charge on any atom is -0.301 e. The predicted molar refractivity (Wildman–Crippen MR) is 56.8 cm³/mol. The summed E-state index contributed by atoms with van der Waals surface area (Å²) >= 11 is 0. The smallest absolute Gasteiger partial charge is 0.00385 e. The summed E-state index contributed by atoms with van der Waals surface area (Å²) < 4.78 is 0. The first-order valence-corrected chi connectivity index (χ1v) is 6.01. The fraction of sp³-hybridized carbons (Fsp3) is 1.00. The van der Waals surface area contributed by atoms with Crippen LogP contribution in [0.2, 0.25) is 0 Å². The SMILES string of the molecule is CC(C)N1CCC(C2CCC2)CC1. The van der Waals surface area contributed by atoms with Crippen molar-refractivity contribution in [3.63, 3.8) is 0 Å². The summed E-state index contributed by atoms with van der Waals surface area (Å²) in [6, 6.07) is 0.766.